The van der Waals surface area contributed by atoms with Gasteiger partial charge in [-0.2, -0.15) is 0 Å². The highest BCUT2D eigenvalue weighted by atomic mass is 19.3. The highest BCUT2D eigenvalue weighted by Crippen LogP contribution is 2.25. The van der Waals surface area contributed by atoms with E-state index in [1.54, 1.807) is 0 Å². The summed E-state index contributed by atoms with van der Waals surface area (Å²) in [5, 5.41) is 10.2. The lowest BCUT2D eigenvalue weighted by Gasteiger charge is -2.16. The number of nitrogens with two attached hydrogens (primary N) is 1. The van der Waals surface area contributed by atoms with Crippen LogP contribution in [0.1, 0.15) is 0 Å². The second-order valence-electron chi connectivity index (χ2n) is 3.19. The molecule has 0 aliphatic rings. The minimum absolute atomic E-state index is 0.187. The number of aliphatic hydroxyl groups excluding tert-OH is 1. The van der Waals surface area contributed by atoms with Crippen LogP contribution in [0.15, 0.2) is 12.1 Å². The number of anilines is 2. The molecule has 0 spiro atoms. The Morgan fingerprint density at radius 1 is 1.31 bits per heavy atom. The normalized spacial score (nSPS) is 11.6. The van der Waals surface area contributed by atoms with Crippen molar-refractivity contribution in [2.24, 2.45) is 0 Å². The molecule has 0 saturated heterocycles. The third-order valence-electron chi connectivity index (χ3n) is 1.88. The van der Waals surface area contributed by atoms with Crippen molar-refractivity contribution >= 4 is 11.4 Å². The van der Waals surface area contributed by atoms with Crippen molar-refractivity contribution in [3.63, 3.8) is 0 Å². The van der Waals surface area contributed by atoms with Crippen LogP contribution < -0.4 is 11.1 Å². The maximum Gasteiger partial charge on any atom is 0.287 e. The number of aliphatic hydroxyl groups is 1. The zero-order valence-corrected chi connectivity index (χ0v) is 8.11. The van der Waals surface area contributed by atoms with Crippen LogP contribution in [0, 0.1) is 11.6 Å². The summed E-state index contributed by atoms with van der Waals surface area (Å²) in [6.07, 6.45) is 0. The van der Waals surface area contributed by atoms with Gasteiger partial charge in [0.25, 0.3) is 5.92 Å². The molecule has 0 fully saturated rings. The van der Waals surface area contributed by atoms with E-state index in [-0.39, 0.29) is 5.69 Å². The second kappa shape index (κ2) is 4.56. The van der Waals surface area contributed by atoms with Crippen LogP contribution in [-0.2, 0) is 0 Å². The van der Waals surface area contributed by atoms with E-state index >= 15 is 0 Å². The summed E-state index contributed by atoms with van der Waals surface area (Å²) in [7, 11) is 0. The maximum absolute atomic E-state index is 13.1. The second-order valence-corrected chi connectivity index (χ2v) is 3.19. The van der Waals surface area contributed by atoms with Gasteiger partial charge in [-0.05, 0) is 12.1 Å². The number of nitrogens with one attached hydrogen (secondary N) is 1. The molecule has 0 unspecified atom stereocenters. The number of rotatable bonds is 4. The molecule has 4 N–H and O–H groups in total. The number of halogens is 4. The maximum atomic E-state index is 13.1. The van der Waals surface area contributed by atoms with E-state index in [0.717, 1.165) is 12.1 Å². The van der Waals surface area contributed by atoms with Crippen LogP contribution in [0.3, 0.4) is 0 Å². The van der Waals surface area contributed by atoms with E-state index in [4.69, 9.17) is 10.8 Å². The first-order chi connectivity index (χ1) is 7.37. The van der Waals surface area contributed by atoms with E-state index in [0.29, 0.717) is 0 Å². The molecule has 7 heteroatoms. The Morgan fingerprint density at radius 2 is 1.94 bits per heavy atom. The van der Waals surface area contributed by atoms with Crippen molar-refractivity contribution < 1.29 is 22.7 Å². The van der Waals surface area contributed by atoms with Gasteiger partial charge in [-0.15, -0.1) is 0 Å². The minimum atomic E-state index is -3.43. The summed E-state index contributed by atoms with van der Waals surface area (Å²) in [4.78, 5) is 0. The van der Waals surface area contributed by atoms with Gasteiger partial charge in [0.2, 0.25) is 0 Å². The predicted octanol–water partition coefficient (Wildman–Crippen LogP) is 1.59. The van der Waals surface area contributed by atoms with Crippen molar-refractivity contribution in [2.75, 3.05) is 24.2 Å². The van der Waals surface area contributed by atoms with Gasteiger partial charge >= 0.3 is 0 Å². The largest absolute Gasteiger partial charge is 0.397 e. The van der Waals surface area contributed by atoms with E-state index in [1.165, 1.54) is 0 Å². The van der Waals surface area contributed by atoms with Crippen LogP contribution >= 0.6 is 0 Å². The molecule has 0 aliphatic heterocycles. The molecule has 90 valence electrons. The molecular weight excluding hydrogens is 228 g/mol. The summed E-state index contributed by atoms with van der Waals surface area (Å²) in [5.74, 6) is -5.94. The smallest absolute Gasteiger partial charge is 0.287 e. The molecule has 16 heavy (non-hydrogen) atoms. The van der Waals surface area contributed by atoms with Gasteiger partial charge in [0.05, 0.1) is 17.9 Å². The average molecular weight is 238 g/mol. The van der Waals surface area contributed by atoms with Crippen LogP contribution in [0.25, 0.3) is 0 Å². The Kier molecular flexibility index (Phi) is 3.58. The number of benzene rings is 1. The first-order valence-electron chi connectivity index (χ1n) is 4.33. The van der Waals surface area contributed by atoms with E-state index < -0.39 is 36.4 Å². The summed E-state index contributed by atoms with van der Waals surface area (Å²) in [6, 6.07) is 1.85. The van der Waals surface area contributed by atoms with Gasteiger partial charge in [0, 0.05) is 0 Å². The summed E-state index contributed by atoms with van der Waals surface area (Å²) >= 11 is 0. The summed E-state index contributed by atoms with van der Waals surface area (Å²) < 4.78 is 51.1. The zero-order valence-electron chi connectivity index (χ0n) is 8.11. The molecule has 0 aliphatic carbocycles. The molecule has 0 radical (unpaired) electrons. The van der Waals surface area contributed by atoms with Crippen LogP contribution in [0.4, 0.5) is 28.9 Å². The monoisotopic (exact) mass is 238 g/mol. The van der Waals surface area contributed by atoms with Gasteiger partial charge in [-0.25, -0.2) is 17.6 Å². The SMILES string of the molecule is Nc1ccc(F)c(F)c1NCC(F)(F)CO. The lowest BCUT2D eigenvalue weighted by atomic mass is 10.2. The molecule has 0 heterocycles. The van der Waals surface area contributed by atoms with Gasteiger partial charge in [0.15, 0.2) is 11.6 Å². The third kappa shape index (κ3) is 2.75. The fourth-order valence-corrected chi connectivity index (χ4v) is 1.02. The molecule has 0 amide bonds. The van der Waals surface area contributed by atoms with Crippen LogP contribution in [0.5, 0.6) is 0 Å². The van der Waals surface area contributed by atoms with E-state index in [2.05, 4.69) is 0 Å². The Balaban J connectivity index is 2.86. The van der Waals surface area contributed by atoms with Gasteiger partial charge in [-0.3, -0.25) is 0 Å². The Morgan fingerprint density at radius 3 is 2.50 bits per heavy atom. The Bertz CT molecular complexity index is 384. The van der Waals surface area contributed by atoms with Crippen molar-refractivity contribution in [3.8, 4) is 0 Å². The van der Waals surface area contributed by atoms with E-state index in [9.17, 15) is 17.6 Å². The van der Waals surface area contributed by atoms with Crippen molar-refractivity contribution in [1.82, 2.24) is 0 Å². The van der Waals surface area contributed by atoms with Gasteiger partial charge in [0.1, 0.15) is 6.61 Å². The highest BCUT2D eigenvalue weighted by molar-refractivity contribution is 5.66. The van der Waals surface area contributed by atoms with Crippen molar-refractivity contribution in [2.45, 2.75) is 5.92 Å². The average Bonchev–Trinajstić information content (AvgIpc) is 2.24. The van der Waals surface area contributed by atoms with Crippen molar-refractivity contribution in [1.29, 1.82) is 0 Å². The molecule has 0 saturated carbocycles. The molecule has 1 aromatic carbocycles. The van der Waals surface area contributed by atoms with Gasteiger partial charge < -0.3 is 16.2 Å². The first kappa shape index (κ1) is 12.6. The molecule has 1 rings (SSSR count). The van der Waals surface area contributed by atoms with Gasteiger partial charge in [-0.1, -0.05) is 0 Å². The van der Waals surface area contributed by atoms with Crippen molar-refractivity contribution in [3.05, 3.63) is 23.8 Å². The molecule has 3 nitrogen and oxygen atoms in total. The quantitative estimate of drug-likeness (QED) is 0.551. The Labute approximate surface area is 88.9 Å². The predicted molar refractivity (Wildman–Crippen MR) is 51.3 cm³/mol. The molecule has 0 atom stereocenters. The lowest BCUT2D eigenvalue weighted by molar-refractivity contribution is -0.0373. The number of hydrogen-bond donors (Lipinski definition) is 3. The number of hydrogen-bond acceptors (Lipinski definition) is 3. The molecular formula is C9H10F4N2O. The fraction of sp³-hybridized carbons (Fsp3) is 0.333. The first-order valence-corrected chi connectivity index (χ1v) is 4.33. The van der Waals surface area contributed by atoms with Crippen LogP contribution in [0.2, 0.25) is 0 Å². The molecule has 0 bridgehead atoms. The standard InChI is InChI=1S/C9H10F4N2O/c10-5-1-2-6(14)8(7(5)11)15-3-9(12,13)4-16/h1-2,15-16H,3-4,14H2. The molecule has 0 aromatic heterocycles. The zero-order chi connectivity index (χ0) is 12.3. The van der Waals surface area contributed by atoms with Crippen LogP contribution in [-0.4, -0.2) is 24.2 Å². The fourth-order valence-electron chi connectivity index (χ4n) is 1.02. The lowest BCUT2D eigenvalue weighted by Crippen LogP contribution is -2.31. The summed E-state index contributed by atoms with van der Waals surface area (Å²) in [6.45, 7) is -2.43. The minimum Gasteiger partial charge on any atom is -0.397 e. The molecule has 1 aromatic rings. The number of nitrogen functional groups attached to an aromatic ring is 1. The topological polar surface area (TPSA) is 58.3 Å². The number of alkyl halides is 2. The Hall–Kier alpha value is -1.50. The van der Waals surface area contributed by atoms with E-state index in [1.807, 2.05) is 5.32 Å². The highest BCUT2D eigenvalue weighted by Gasteiger charge is 2.28. The summed E-state index contributed by atoms with van der Waals surface area (Å²) in [5.41, 5.74) is 4.56. The third-order valence-corrected chi connectivity index (χ3v) is 1.88.